The van der Waals surface area contributed by atoms with Crippen LogP contribution in [-0.2, 0) is 14.3 Å². The average molecular weight is 384 g/mol. The fourth-order valence-corrected chi connectivity index (χ4v) is 1.94. The van der Waals surface area contributed by atoms with Gasteiger partial charge in [-0.2, -0.15) is 0 Å². The van der Waals surface area contributed by atoms with Crippen molar-refractivity contribution < 1.29 is 19.1 Å². The van der Waals surface area contributed by atoms with Crippen LogP contribution >= 0.6 is 15.9 Å². The van der Waals surface area contributed by atoms with Crippen LogP contribution in [0.25, 0.3) is 0 Å². The van der Waals surface area contributed by atoms with Gasteiger partial charge in [-0.25, -0.2) is 0 Å². The zero-order valence-corrected chi connectivity index (χ0v) is 15.2. The summed E-state index contributed by atoms with van der Waals surface area (Å²) in [5, 5.41) is 2.74. The van der Waals surface area contributed by atoms with Crippen molar-refractivity contribution in [2.45, 2.75) is 39.7 Å². The molecule has 0 spiro atoms. The predicted octanol–water partition coefficient (Wildman–Crippen LogP) is 3.12. The summed E-state index contributed by atoms with van der Waals surface area (Å²) in [5.74, 6) is -0.716. The highest BCUT2D eigenvalue weighted by molar-refractivity contribution is 9.10. The van der Waals surface area contributed by atoms with E-state index in [1.165, 1.54) is 0 Å². The minimum atomic E-state index is -0.553. The molecular weight excluding hydrogens is 362 g/mol. The molecule has 1 atom stereocenters. The molecule has 1 amide bonds. The van der Waals surface area contributed by atoms with Crippen molar-refractivity contribution in [3.8, 4) is 0 Å². The van der Waals surface area contributed by atoms with Gasteiger partial charge in [-0.3, -0.25) is 14.4 Å². The molecule has 0 aliphatic carbocycles. The van der Waals surface area contributed by atoms with E-state index in [0.717, 1.165) is 4.47 Å². The standard InChI is InChI=1S/C17H22BrNO4/c1-11(2)12(3)19-16(21)10-23-17(22)9-8-15(20)13-4-6-14(18)7-5-13/h4-7,11-12H,8-10H2,1-3H3,(H,19,21). The van der Waals surface area contributed by atoms with Gasteiger partial charge in [-0.05, 0) is 25.0 Å². The fourth-order valence-electron chi connectivity index (χ4n) is 1.68. The molecule has 0 bridgehead atoms. The third kappa shape index (κ3) is 7.41. The Morgan fingerprint density at radius 2 is 1.70 bits per heavy atom. The van der Waals surface area contributed by atoms with Gasteiger partial charge in [0, 0.05) is 22.5 Å². The van der Waals surface area contributed by atoms with Crippen LogP contribution in [0.15, 0.2) is 28.7 Å². The molecule has 0 saturated heterocycles. The van der Waals surface area contributed by atoms with Crippen LogP contribution in [-0.4, -0.2) is 30.3 Å². The minimum Gasteiger partial charge on any atom is -0.456 e. The number of amides is 1. The van der Waals surface area contributed by atoms with Crippen LogP contribution in [0.1, 0.15) is 44.0 Å². The lowest BCUT2D eigenvalue weighted by molar-refractivity contribution is -0.148. The number of esters is 1. The number of Topliss-reactive ketones (excluding diaryl/α,β-unsaturated/α-hetero) is 1. The first-order valence-electron chi connectivity index (χ1n) is 7.53. The molecule has 0 fully saturated rings. The van der Waals surface area contributed by atoms with Crippen molar-refractivity contribution in [3.63, 3.8) is 0 Å². The fraction of sp³-hybridized carbons (Fsp3) is 0.471. The number of carbonyl (C=O) groups is 3. The minimum absolute atomic E-state index is 0.0141. The van der Waals surface area contributed by atoms with Crippen LogP contribution in [0.4, 0.5) is 0 Å². The normalized spacial score (nSPS) is 11.9. The van der Waals surface area contributed by atoms with Gasteiger partial charge in [-0.15, -0.1) is 0 Å². The van der Waals surface area contributed by atoms with Crippen LogP contribution in [0.5, 0.6) is 0 Å². The average Bonchev–Trinajstić information content (AvgIpc) is 2.51. The molecule has 0 aromatic heterocycles. The number of halogens is 1. The van der Waals surface area contributed by atoms with E-state index in [-0.39, 0.29) is 37.2 Å². The van der Waals surface area contributed by atoms with Crippen molar-refractivity contribution in [2.24, 2.45) is 5.92 Å². The van der Waals surface area contributed by atoms with E-state index in [0.29, 0.717) is 11.5 Å². The Balaban J connectivity index is 2.30. The highest BCUT2D eigenvalue weighted by Gasteiger charge is 2.14. The van der Waals surface area contributed by atoms with E-state index < -0.39 is 5.97 Å². The highest BCUT2D eigenvalue weighted by atomic mass is 79.9. The molecular formula is C17H22BrNO4. The maximum absolute atomic E-state index is 11.9. The number of benzene rings is 1. The summed E-state index contributed by atoms with van der Waals surface area (Å²) in [6, 6.07) is 6.94. The molecule has 23 heavy (non-hydrogen) atoms. The molecule has 6 heteroatoms. The monoisotopic (exact) mass is 383 g/mol. The van der Waals surface area contributed by atoms with Gasteiger partial charge < -0.3 is 10.1 Å². The third-order valence-corrected chi connectivity index (χ3v) is 4.00. The first kappa shape index (κ1) is 19.4. The van der Waals surface area contributed by atoms with Gasteiger partial charge in [0.05, 0.1) is 6.42 Å². The lowest BCUT2D eigenvalue weighted by Gasteiger charge is -2.17. The second-order valence-electron chi connectivity index (χ2n) is 5.69. The van der Waals surface area contributed by atoms with Gasteiger partial charge >= 0.3 is 5.97 Å². The van der Waals surface area contributed by atoms with Gasteiger partial charge in [0.15, 0.2) is 12.4 Å². The number of carbonyl (C=O) groups excluding carboxylic acids is 3. The third-order valence-electron chi connectivity index (χ3n) is 3.48. The summed E-state index contributed by atoms with van der Waals surface area (Å²) in [6.45, 7) is 5.55. The van der Waals surface area contributed by atoms with Gasteiger partial charge in [0.1, 0.15) is 0 Å². The van der Waals surface area contributed by atoms with Gasteiger partial charge in [0.2, 0.25) is 0 Å². The predicted molar refractivity (Wildman–Crippen MR) is 91.1 cm³/mol. The lowest BCUT2D eigenvalue weighted by atomic mass is 10.1. The quantitative estimate of drug-likeness (QED) is 0.552. The van der Waals surface area contributed by atoms with Crippen LogP contribution in [0, 0.1) is 5.92 Å². The number of hydrogen-bond donors (Lipinski definition) is 1. The molecule has 1 unspecified atom stereocenters. The van der Waals surface area contributed by atoms with Crippen molar-refractivity contribution in [3.05, 3.63) is 34.3 Å². The van der Waals surface area contributed by atoms with Crippen LogP contribution in [0.3, 0.4) is 0 Å². The van der Waals surface area contributed by atoms with Crippen molar-refractivity contribution >= 4 is 33.6 Å². The Morgan fingerprint density at radius 3 is 2.26 bits per heavy atom. The molecule has 1 aromatic rings. The smallest absolute Gasteiger partial charge is 0.306 e. The van der Waals surface area contributed by atoms with Crippen molar-refractivity contribution in [2.75, 3.05) is 6.61 Å². The Labute approximate surface area is 144 Å². The Hall–Kier alpha value is -1.69. The molecule has 0 aliphatic rings. The van der Waals surface area contributed by atoms with Gasteiger partial charge in [0.25, 0.3) is 5.91 Å². The molecule has 5 nitrogen and oxygen atoms in total. The van der Waals surface area contributed by atoms with E-state index in [1.807, 2.05) is 20.8 Å². The van der Waals surface area contributed by atoms with Crippen molar-refractivity contribution in [1.29, 1.82) is 0 Å². The lowest BCUT2D eigenvalue weighted by Crippen LogP contribution is -2.38. The molecule has 0 heterocycles. The summed E-state index contributed by atoms with van der Waals surface area (Å²) < 4.78 is 5.76. The largest absolute Gasteiger partial charge is 0.456 e. The summed E-state index contributed by atoms with van der Waals surface area (Å²) >= 11 is 3.29. The molecule has 126 valence electrons. The number of hydrogen-bond acceptors (Lipinski definition) is 4. The topological polar surface area (TPSA) is 72.5 Å². The summed E-state index contributed by atoms with van der Waals surface area (Å²) in [5.41, 5.74) is 0.546. The van der Waals surface area contributed by atoms with Crippen LogP contribution in [0.2, 0.25) is 0 Å². The van der Waals surface area contributed by atoms with E-state index in [1.54, 1.807) is 24.3 Å². The van der Waals surface area contributed by atoms with Crippen LogP contribution < -0.4 is 5.32 Å². The summed E-state index contributed by atoms with van der Waals surface area (Å²) in [7, 11) is 0. The molecule has 1 aromatic carbocycles. The molecule has 1 rings (SSSR count). The number of nitrogens with one attached hydrogen (secondary N) is 1. The molecule has 0 aliphatic heterocycles. The Bertz CT molecular complexity index is 554. The summed E-state index contributed by atoms with van der Waals surface area (Å²) in [4.78, 5) is 35.1. The van der Waals surface area contributed by atoms with E-state index in [9.17, 15) is 14.4 Å². The Morgan fingerprint density at radius 1 is 1.09 bits per heavy atom. The maximum Gasteiger partial charge on any atom is 0.306 e. The zero-order valence-electron chi connectivity index (χ0n) is 13.6. The zero-order chi connectivity index (χ0) is 17.4. The van der Waals surface area contributed by atoms with E-state index in [4.69, 9.17) is 4.74 Å². The van der Waals surface area contributed by atoms with Crippen molar-refractivity contribution in [1.82, 2.24) is 5.32 Å². The first-order chi connectivity index (χ1) is 10.8. The Kier molecular flexibility index (Phi) is 7.95. The number of ketones is 1. The van der Waals surface area contributed by atoms with E-state index in [2.05, 4.69) is 21.2 Å². The molecule has 0 radical (unpaired) electrons. The number of ether oxygens (including phenoxy) is 1. The second kappa shape index (κ2) is 9.45. The number of rotatable bonds is 8. The first-order valence-corrected chi connectivity index (χ1v) is 8.32. The second-order valence-corrected chi connectivity index (χ2v) is 6.61. The van der Waals surface area contributed by atoms with E-state index >= 15 is 0 Å². The summed E-state index contributed by atoms with van der Waals surface area (Å²) in [6.07, 6.45) is 0.0202. The highest BCUT2D eigenvalue weighted by Crippen LogP contribution is 2.12. The SMILES string of the molecule is CC(C)C(C)NC(=O)COC(=O)CCC(=O)c1ccc(Br)cc1. The maximum atomic E-state index is 11.9. The molecule has 0 saturated carbocycles. The molecule has 1 N–H and O–H groups in total. The van der Waals surface area contributed by atoms with Gasteiger partial charge in [-0.1, -0.05) is 41.9 Å².